The first-order valence-corrected chi connectivity index (χ1v) is 7.66. The molecule has 1 saturated heterocycles. The van der Waals surface area contributed by atoms with Crippen molar-refractivity contribution >= 4 is 0 Å². The van der Waals surface area contributed by atoms with Crippen LogP contribution in [0.2, 0.25) is 0 Å². The lowest BCUT2D eigenvalue weighted by molar-refractivity contribution is 0.0139. The Morgan fingerprint density at radius 3 is 1.84 bits per heavy atom. The zero-order valence-corrected chi connectivity index (χ0v) is 13.8. The molecule has 112 valence electrons. The quantitative estimate of drug-likeness (QED) is 0.611. The van der Waals surface area contributed by atoms with Crippen LogP contribution in [0.4, 0.5) is 4.39 Å². The van der Waals surface area contributed by atoms with Crippen LogP contribution in [-0.2, 0) is 4.74 Å². The van der Waals surface area contributed by atoms with Crippen molar-refractivity contribution in [3.8, 4) is 0 Å². The van der Waals surface area contributed by atoms with Crippen molar-refractivity contribution in [2.24, 2.45) is 28.1 Å². The summed E-state index contributed by atoms with van der Waals surface area (Å²) in [6.07, 6.45) is 1.66. The lowest BCUT2D eigenvalue weighted by Gasteiger charge is -2.43. The maximum Gasteiger partial charge on any atom is 0.116 e. The molecule has 2 fully saturated rings. The molecule has 0 aromatic rings. The van der Waals surface area contributed by atoms with Crippen LogP contribution in [0.5, 0.6) is 0 Å². The number of ether oxygens (including phenoxy) is 1. The van der Waals surface area contributed by atoms with E-state index < -0.39 is 5.67 Å². The molecule has 1 saturated carbocycles. The number of hydrogen-bond donors (Lipinski definition) is 0. The van der Waals surface area contributed by atoms with Gasteiger partial charge in [-0.15, -0.1) is 0 Å². The maximum absolute atomic E-state index is 14.4. The molecule has 2 heteroatoms. The van der Waals surface area contributed by atoms with E-state index in [9.17, 15) is 4.39 Å². The van der Waals surface area contributed by atoms with Gasteiger partial charge in [-0.05, 0) is 42.4 Å². The van der Waals surface area contributed by atoms with E-state index in [-0.39, 0.29) is 16.2 Å². The van der Waals surface area contributed by atoms with Crippen LogP contribution in [0, 0.1) is 28.1 Å². The van der Waals surface area contributed by atoms with Crippen LogP contribution in [0.1, 0.15) is 61.3 Å². The predicted molar refractivity (Wildman–Crippen MR) is 77.9 cm³/mol. The van der Waals surface area contributed by atoms with Gasteiger partial charge >= 0.3 is 0 Å². The van der Waals surface area contributed by atoms with Crippen LogP contribution in [0.3, 0.4) is 0 Å². The molecule has 19 heavy (non-hydrogen) atoms. The molecule has 0 radical (unpaired) electrons. The average molecular weight is 270 g/mol. The van der Waals surface area contributed by atoms with Gasteiger partial charge in [0.15, 0.2) is 0 Å². The maximum atomic E-state index is 14.4. The lowest BCUT2D eigenvalue weighted by atomic mass is 9.62. The van der Waals surface area contributed by atoms with Crippen LogP contribution in [0.15, 0.2) is 0 Å². The summed E-state index contributed by atoms with van der Waals surface area (Å²) < 4.78 is 20.4. The largest absolute Gasteiger partial charge is 0.380 e. The Labute approximate surface area is 118 Å². The van der Waals surface area contributed by atoms with E-state index in [0.717, 1.165) is 13.0 Å². The molecule has 0 aromatic carbocycles. The summed E-state index contributed by atoms with van der Waals surface area (Å²) in [4.78, 5) is 0. The monoisotopic (exact) mass is 270 g/mol. The van der Waals surface area contributed by atoms with Crippen LogP contribution in [0.25, 0.3) is 0 Å². The molecule has 2 rings (SSSR count). The Morgan fingerprint density at radius 2 is 1.47 bits per heavy atom. The van der Waals surface area contributed by atoms with Crippen molar-refractivity contribution in [2.75, 3.05) is 13.2 Å². The van der Waals surface area contributed by atoms with Gasteiger partial charge in [-0.1, -0.05) is 41.5 Å². The van der Waals surface area contributed by atoms with E-state index in [1.54, 1.807) is 6.92 Å². The van der Waals surface area contributed by atoms with Gasteiger partial charge in [0.2, 0.25) is 0 Å². The first-order valence-electron chi connectivity index (χ1n) is 7.66. The molecule has 0 amide bonds. The van der Waals surface area contributed by atoms with Crippen molar-refractivity contribution < 1.29 is 9.13 Å². The van der Waals surface area contributed by atoms with E-state index >= 15 is 0 Å². The zero-order chi connectivity index (χ0) is 14.7. The van der Waals surface area contributed by atoms with Gasteiger partial charge in [-0.3, -0.25) is 0 Å². The van der Waals surface area contributed by atoms with Gasteiger partial charge < -0.3 is 4.74 Å². The predicted octanol–water partition coefficient (Wildman–Crippen LogP) is 4.85. The minimum Gasteiger partial charge on any atom is -0.380 e. The Bertz CT molecular complexity index is 347. The fourth-order valence-electron chi connectivity index (χ4n) is 3.96. The second-order valence-corrected chi connectivity index (χ2v) is 9.32. The minimum atomic E-state index is -1.01. The molecule has 4 atom stereocenters. The second-order valence-electron chi connectivity index (χ2n) is 9.32. The third kappa shape index (κ3) is 2.70. The highest BCUT2D eigenvalue weighted by Crippen LogP contribution is 2.66. The SMILES string of the molecule is CC(C)(C)C1COCC2(CC1C(C)(C)C)CC2(C)F. The summed E-state index contributed by atoms with van der Waals surface area (Å²) in [5.41, 5.74) is -0.795. The van der Waals surface area contributed by atoms with E-state index in [2.05, 4.69) is 41.5 Å². The lowest BCUT2D eigenvalue weighted by Crippen LogP contribution is -2.38. The topological polar surface area (TPSA) is 9.23 Å². The Morgan fingerprint density at radius 1 is 1.00 bits per heavy atom. The van der Waals surface area contributed by atoms with E-state index in [4.69, 9.17) is 4.74 Å². The number of rotatable bonds is 0. The number of alkyl halides is 1. The first-order chi connectivity index (χ1) is 8.39. The average Bonchev–Trinajstić information content (AvgIpc) is 2.77. The Hall–Kier alpha value is -0.110. The third-order valence-corrected chi connectivity index (χ3v) is 5.65. The van der Waals surface area contributed by atoms with Crippen LogP contribution < -0.4 is 0 Å². The highest BCUT2D eigenvalue weighted by atomic mass is 19.1. The fourth-order valence-corrected chi connectivity index (χ4v) is 3.96. The molecular weight excluding hydrogens is 239 g/mol. The van der Waals surface area contributed by atoms with Gasteiger partial charge in [0, 0.05) is 5.41 Å². The minimum absolute atomic E-state index is 0.203. The Balaban J connectivity index is 2.29. The van der Waals surface area contributed by atoms with E-state index in [1.165, 1.54) is 0 Å². The summed E-state index contributed by atoms with van der Waals surface area (Å²) in [7, 11) is 0. The van der Waals surface area contributed by atoms with Gasteiger partial charge in [0.25, 0.3) is 0 Å². The molecule has 1 aliphatic heterocycles. The molecule has 0 N–H and O–H groups in total. The summed E-state index contributed by atoms with van der Waals surface area (Å²) in [6.45, 7) is 16.9. The molecule has 0 bridgehead atoms. The highest BCUT2D eigenvalue weighted by Gasteiger charge is 2.68. The highest BCUT2D eigenvalue weighted by molar-refractivity contribution is 5.16. The molecular formula is C17H31FO. The van der Waals surface area contributed by atoms with Crippen LogP contribution >= 0.6 is 0 Å². The van der Waals surface area contributed by atoms with Crippen molar-refractivity contribution in [2.45, 2.75) is 67.0 Å². The molecule has 2 aliphatic rings. The number of halogens is 1. The molecule has 1 heterocycles. The van der Waals surface area contributed by atoms with Gasteiger partial charge in [0.1, 0.15) is 5.67 Å². The smallest absolute Gasteiger partial charge is 0.116 e. The van der Waals surface area contributed by atoms with Gasteiger partial charge in [-0.2, -0.15) is 0 Å². The molecule has 0 aromatic heterocycles. The normalized spacial score (nSPS) is 44.2. The van der Waals surface area contributed by atoms with Crippen molar-refractivity contribution in [3.05, 3.63) is 0 Å². The second kappa shape index (κ2) is 4.19. The zero-order valence-electron chi connectivity index (χ0n) is 13.8. The van der Waals surface area contributed by atoms with Gasteiger partial charge in [-0.25, -0.2) is 4.39 Å². The summed E-state index contributed by atoms with van der Waals surface area (Å²) in [6, 6.07) is 0. The third-order valence-electron chi connectivity index (χ3n) is 5.65. The molecule has 1 aliphatic carbocycles. The van der Waals surface area contributed by atoms with E-state index in [1.807, 2.05) is 0 Å². The molecule has 1 spiro atoms. The molecule has 4 unspecified atom stereocenters. The van der Waals surface area contributed by atoms with Crippen molar-refractivity contribution in [1.29, 1.82) is 0 Å². The summed E-state index contributed by atoms with van der Waals surface area (Å²) in [5, 5.41) is 0. The van der Waals surface area contributed by atoms with E-state index in [0.29, 0.717) is 24.9 Å². The number of hydrogen-bond acceptors (Lipinski definition) is 1. The summed E-state index contributed by atoms with van der Waals surface area (Å²) >= 11 is 0. The summed E-state index contributed by atoms with van der Waals surface area (Å²) in [5.74, 6) is 1.02. The molecule has 1 nitrogen and oxygen atoms in total. The van der Waals surface area contributed by atoms with Crippen LogP contribution in [-0.4, -0.2) is 18.9 Å². The standard InChI is InChI=1S/C17H31FO/c1-14(2,3)12-8-17(10-16(17,7)18)11-19-9-13(12)15(4,5)6/h12-13H,8-11H2,1-7H3. The van der Waals surface area contributed by atoms with Gasteiger partial charge in [0.05, 0.1) is 13.2 Å². The van der Waals surface area contributed by atoms with Crippen molar-refractivity contribution in [1.82, 2.24) is 0 Å². The Kier molecular flexibility index (Phi) is 3.37. The fraction of sp³-hybridized carbons (Fsp3) is 1.00. The van der Waals surface area contributed by atoms with Crippen molar-refractivity contribution in [3.63, 3.8) is 0 Å². The first kappa shape index (κ1) is 15.3.